The van der Waals surface area contributed by atoms with E-state index in [1.165, 1.54) is 38.5 Å². The molecule has 0 saturated carbocycles. The lowest BCUT2D eigenvalue weighted by Crippen LogP contribution is -2.57. The van der Waals surface area contributed by atoms with Gasteiger partial charge < -0.3 is 13.6 Å². The summed E-state index contributed by atoms with van der Waals surface area (Å²) in [7, 11) is -4.50. The average molecular weight is 571 g/mol. The molecule has 0 saturated heterocycles. The Morgan fingerprint density at radius 1 is 0.538 bits per heavy atom. The molecule has 0 amide bonds. The molecule has 7 heteroatoms. The predicted octanol–water partition coefficient (Wildman–Crippen LogP) is 7.48. The minimum atomic E-state index is -2.25. The maximum atomic E-state index is 12.4. The van der Waals surface area contributed by atoms with E-state index < -0.39 is 16.6 Å². The van der Waals surface area contributed by atoms with Crippen LogP contribution in [-0.4, -0.2) is 41.8 Å². The van der Waals surface area contributed by atoms with Crippen LogP contribution >= 0.6 is 0 Å². The van der Waals surface area contributed by atoms with Gasteiger partial charge in [0.25, 0.3) is 0 Å². The van der Waals surface area contributed by atoms with Gasteiger partial charge in [0.15, 0.2) is 0 Å². The van der Waals surface area contributed by atoms with Crippen molar-refractivity contribution in [2.75, 3.05) is 13.2 Å². The van der Waals surface area contributed by atoms with E-state index in [0.29, 0.717) is 24.3 Å². The normalized spacial score (nSPS) is 11.8. The third-order valence-corrected chi connectivity index (χ3v) is 14.6. The molecule has 2 aromatic carbocycles. The van der Waals surface area contributed by atoms with E-state index in [0.717, 1.165) is 36.1 Å². The third kappa shape index (κ3) is 11.4. The lowest BCUT2D eigenvalue weighted by molar-refractivity contribution is 0.0488. The topological polar surface area (TPSA) is 61.8 Å². The highest BCUT2D eigenvalue weighted by Gasteiger charge is 2.36. The van der Waals surface area contributed by atoms with Crippen LogP contribution in [0.4, 0.5) is 0 Å². The van der Waals surface area contributed by atoms with Gasteiger partial charge in [-0.3, -0.25) is 0 Å². The Morgan fingerprint density at radius 3 is 1.21 bits per heavy atom. The Labute approximate surface area is 238 Å². The Kier molecular flexibility index (Phi) is 14.2. The first kappa shape index (κ1) is 33.0. The number of hydrogen-bond acceptors (Lipinski definition) is 5. The molecule has 0 N–H and O–H groups in total. The SMILES string of the molecule is CCCCCCCOC(=O)c1ccc([Si](C)(C)O[Si](C)(C)c2ccc(C(=O)OCCCCCCC)cc2)cc1. The van der Waals surface area contributed by atoms with Crippen LogP contribution in [0, 0.1) is 0 Å². The van der Waals surface area contributed by atoms with Gasteiger partial charge in [0.2, 0.25) is 16.6 Å². The first-order valence-corrected chi connectivity index (χ1v) is 20.7. The highest BCUT2D eigenvalue weighted by atomic mass is 28.4. The molecule has 2 rings (SSSR count). The van der Waals surface area contributed by atoms with E-state index in [4.69, 9.17) is 13.6 Å². The van der Waals surface area contributed by atoms with E-state index in [1.807, 2.05) is 48.5 Å². The van der Waals surface area contributed by atoms with Gasteiger partial charge in [0.1, 0.15) is 0 Å². The molecule has 0 aliphatic carbocycles. The van der Waals surface area contributed by atoms with Crippen molar-refractivity contribution in [2.45, 2.75) is 104 Å². The van der Waals surface area contributed by atoms with Crippen LogP contribution in [0.2, 0.25) is 26.2 Å². The minimum absolute atomic E-state index is 0.262. The van der Waals surface area contributed by atoms with Crippen LogP contribution in [0.3, 0.4) is 0 Å². The molecule has 5 nitrogen and oxygen atoms in total. The number of esters is 2. The maximum Gasteiger partial charge on any atom is 0.338 e. The quantitative estimate of drug-likeness (QED) is 0.106. The van der Waals surface area contributed by atoms with Crippen LogP contribution in [0.1, 0.15) is 98.8 Å². The molecule has 0 aliphatic heterocycles. The molecule has 2 aromatic rings. The largest absolute Gasteiger partial charge is 0.462 e. The minimum Gasteiger partial charge on any atom is -0.462 e. The number of hydrogen-bond donors (Lipinski definition) is 0. The smallest absolute Gasteiger partial charge is 0.338 e. The maximum absolute atomic E-state index is 12.4. The Bertz CT molecular complexity index is 919. The van der Waals surface area contributed by atoms with E-state index in [9.17, 15) is 9.59 Å². The summed E-state index contributed by atoms with van der Waals surface area (Å²) in [5.41, 5.74) is 1.16. The monoisotopic (exact) mass is 570 g/mol. The van der Waals surface area contributed by atoms with E-state index in [1.54, 1.807) is 0 Å². The van der Waals surface area contributed by atoms with Crippen LogP contribution in [-0.2, 0) is 13.6 Å². The van der Waals surface area contributed by atoms with Crippen molar-refractivity contribution in [2.24, 2.45) is 0 Å². The van der Waals surface area contributed by atoms with Gasteiger partial charge in [0, 0.05) is 0 Å². The zero-order chi connectivity index (χ0) is 28.7. The Balaban J connectivity index is 1.91. The molecule has 0 radical (unpaired) electrons. The number of rotatable bonds is 18. The van der Waals surface area contributed by atoms with Gasteiger partial charge in [-0.05, 0) is 73.7 Å². The van der Waals surface area contributed by atoms with E-state index in [-0.39, 0.29) is 11.9 Å². The lowest BCUT2D eigenvalue weighted by Gasteiger charge is -2.34. The Morgan fingerprint density at radius 2 is 0.872 bits per heavy atom. The number of carbonyl (C=O) groups is 2. The van der Waals surface area contributed by atoms with Gasteiger partial charge >= 0.3 is 11.9 Å². The van der Waals surface area contributed by atoms with Gasteiger partial charge in [-0.1, -0.05) is 89.5 Å². The summed E-state index contributed by atoms with van der Waals surface area (Å²) in [5, 5.41) is 2.27. The second-order valence-electron chi connectivity index (χ2n) is 11.4. The molecule has 0 unspecified atom stereocenters. The van der Waals surface area contributed by atoms with Crippen molar-refractivity contribution >= 4 is 38.9 Å². The van der Waals surface area contributed by atoms with Crippen LogP contribution < -0.4 is 10.4 Å². The van der Waals surface area contributed by atoms with Crippen molar-refractivity contribution in [3.63, 3.8) is 0 Å². The number of ether oxygens (including phenoxy) is 2. The Hall–Kier alpha value is -2.23. The molecule has 0 fully saturated rings. The first-order valence-electron chi connectivity index (χ1n) is 14.9. The van der Waals surface area contributed by atoms with Crippen LogP contribution in [0.5, 0.6) is 0 Å². The summed E-state index contributed by atoms with van der Waals surface area (Å²) in [6.45, 7) is 14.1. The zero-order valence-electron chi connectivity index (χ0n) is 25.1. The summed E-state index contributed by atoms with van der Waals surface area (Å²) in [4.78, 5) is 24.9. The summed E-state index contributed by atoms with van der Waals surface area (Å²) in [6, 6.07) is 15.5. The van der Waals surface area contributed by atoms with E-state index >= 15 is 0 Å². The van der Waals surface area contributed by atoms with Gasteiger partial charge in [-0.25, -0.2) is 9.59 Å². The lowest BCUT2D eigenvalue weighted by atomic mass is 10.2. The molecule has 216 valence electrons. The highest BCUT2D eigenvalue weighted by Crippen LogP contribution is 2.17. The van der Waals surface area contributed by atoms with Crippen molar-refractivity contribution in [1.82, 2.24) is 0 Å². The number of carbonyl (C=O) groups excluding carboxylic acids is 2. The summed E-state index contributed by atoms with van der Waals surface area (Å²) >= 11 is 0. The number of unbranched alkanes of at least 4 members (excludes halogenated alkanes) is 8. The van der Waals surface area contributed by atoms with Crippen LogP contribution in [0.15, 0.2) is 48.5 Å². The average Bonchev–Trinajstić information content (AvgIpc) is 2.92. The predicted molar refractivity (Wildman–Crippen MR) is 166 cm³/mol. The standard InChI is InChI=1S/C32H50O5Si2/c1-7-9-11-13-15-25-35-31(33)27-17-21-29(22-18-27)38(3,4)37-39(5,6)30-23-19-28(20-24-30)32(34)36-26-16-14-12-10-8-2/h17-24H,7-16,25-26H2,1-6H3. The number of benzene rings is 2. The summed E-state index contributed by atoms with van der Waals surface area (Å²) < 4.78 is 17.8. The molecule has 0 spiro atoms. The summed E-state index contributed by atoms with van der Waals surface area (Å²) in [6.07, 6.45) is 11.3. The van der Waals surface area contributed by atoms with Gasteiger partial charge in [-0.2, -0.15) is 0 Å². The molecular weight excluding hydrogens is 521 g/mol. The fourth-order valence-electron chi connectivity index (χ4n) is 4.68. The fraction of sp³-hybridized carbons (Fsp3) is 0.562. The fourth-order valence-corrected chi connectivity index (χ4v) is 12.7. The molecule has 0 aromatic heterocycles. The van der Waals surface area contributed by atoms with Crippen molar-refractivity contribution in [1.29, 1.82) is 0 Å². The summed E-state index contributed by atoms with van der Waals surface area (Å²) in [5.74, 6) is -0.524. The second-order valence-corrected chi connectivity index (χ2v) is 19.4. The van der Waals surface area contributed by atoms with Gasteiger partial charge in [-0.15, -0.1) is 0 Å². The molecule has 0 aliphatic rings. The molecule has 39 heavy (non-hydrogen) atoms. The molecule has 0 bridgehead atoms. The molecule has 0 atom stereocenters. The zero-order valence-corrected chi connectivity index (χ0v) is 27.1. The second kappa shape index (κ2) is 16.8. The van der Waals surface area contributed by atoms with Crippen molar-refractivity contribution in [3.05, 3.63) is 59.7 Å². The van der Waals surface area contributed by atoms with E-state index in [2.05, 4.69) is 40.0 Å². The van der Waals surface area contributed by atoms with Crippen molar-refractivity contribution in [3.8, 4) is 0 Å². The highest BCUT2D eigenvalue weighted by molar-refractivity contribution is 6.96. The van der Waals surface area contributed by atoms with Gasteiger partial charge in [0.05, 0.1) is 24.3 Å². The first-order chi connectivity index (χ1) is 18.6. The van der Waals surface area contributed by atoms with Crippen molar-refractivity contribution < 1.29 is 23.2 Å². The molecular formula is C32H50O5Si2. The third-order valence-electron chi connectivity index (χ3n) is 7.10. The van der Waals surface area contributed by atoms with Crippen LogP contribution in [0.25, 0.3) is 0 Å². The molecule has 0 heterocycles.